The lowest BCUT2D eigenvalue weighted by Crippen LogP contribution is -2.31. The standard InChI is InChI=1S/C24H32ClN5O2/c1-14(2)8-11-22-27-28-23(30(22)17-9-10-17)18-12-29(16(4)31)13-19(18)24(32)26-21-7-5-6-20(25)15(21)3/h5-7,14,17-19H,8-13H2,1-4H3,(H,26,32)/t18-,19-/m0/s1. The first-order valence-corrected chi connectivity index (χ1v) is 11.9. The van der Waals surface area contributed by atoms with Crippen molar-refractivity contribution in [2.75, 3.05) is 18.4 Å². The molecule has 7 nitrogen and oxygen atoms in total. The fraction of sp³-hybridized carbons (Fsp3) is 0.583. The third-order valence-electron chi connectivity index (χ3n) is 6.61. The molecule has 2 aliphatic rings. The molecule has 32 heavy (non-hydrogen) atoms. The number of hydrogen-bond donors (Lipinski definition) is 1. The Balaban J connectivity index is 1.63. The minimum Gasteiger partial charge on any atom is -0.341 e. The van der Waals surface area contributed by atoms with Crippen LogP contribution >= 0.6 is 11.6 Å². The number of anilines is 1. The van der Waals surface area contributed by atoms with Gasteiger partial charge in [-0.15, -0.1) is 10.2 Å². The largest absolute Gasteiger partial charge is 0.341 e. The second-order valence-electron chi connectivity index (χ2n) is 9.55. The number of nitrogens with one attached hydrogen (secondary N) is 1. The molecule has 1 aromatic carbocycles. The highest BCUT2D eigenvalue weighted by molar-refractivity contribution is 6.31. The monoisotopic (exact) mass is 457 g/mol. The fourth-order valence-corrected chi connectivity index (χ4v) is 4.64. The Bertz CT molecular complexity index is 1010. The number of rotatable bonds is 7. The van der Waals surface area contributed by atoms with Crippen LogP contribution in [-0.4, -0.2) is 44.6 Å². The zero-order valence-electron chi connectivity index (χ0n) is 19.3. The van der Waals surface area contributed by atoms with Crippen molar-refractivity contribution in [3.63, 3.8) is 0 Å². The first kappa shape index (κ1) is 22.8. The third kappa shape index (κ3) is 4.68. The van der Waals surface area contributed by atoms with E-state index in [1.54, 1.807) is 17.9 Å². The lowest BCUT2D eigenvalue weighted by Gasteiger charge is -2.20. The Kier molecular flexibility index (Phi) is 6.56. The number of benzene rings is 1. The Morgan fingerprint density at radius 1 is 1.22 bits per heavy atom. The summed E-state index contributed by atoms with van der Waals surface area (Å²) < 4.78 is 2.27. The van der Waals surface area contributed by atoms with E-state index in [1.807, 2.05) is 19.1 Å². The first-order valence-electron chi connectivity index (χ1n) is 11.5. The maximum Gasteiger partial charge on any atom is 0.230 e. The molecular weight excluding hydrogens is 426 g/mol. The molecule has 1 saturated carbocycles. The van der Waals surface area contributed by atoms with Gasteiger partial charge in [0.25, 0.3) is 0 Å². The van der Waals surface area contributed by atoms with Gasteiger partial charge in [0.1, 0.15) is 11.6 Å². The molecule has 1 aliphatic heterocycles. The zero-order valence-corrected chi connectivity index (χ0v) is 20.0. The van der Waals surface area contributed by atoms with E-state index in [-0.39, 0.29) is 17.7 Å². The molecule has 4 rings (SSSR count). The smallest absolute Gasteiger partial charge is 0.230 e. The molecule has 0 spiro atoms. The van der Waals surface area contributed by atoms with E-state index in [0.29, 0.717) is 35.8 Å². The predicted octanol–water partition coefficient (Wildman–Crippen LogP) is 4.36. The number of amides is 2. The van der Waals surface area contributed by atoms with Crippen molar-refractivity contribution in [3.05, 3.63) is 40.4 Å². The maximum atomic E-state index is 13.4. The summed E-state index contributed by atoms with van der Waals surface area (Å²) in [4.78, 5) is 27.3. The molecule has 2 aromatic rings. The Morgan fingerprint density at radius 2 is 1.97 bits per heavy atom. The average Bonchev–Trinajstić information content (AvgIpc) is 3.32. The van der Waals surface area contributed by atoms with Crippen molar-refractivity contribution in [2.24, 2.45) is 11.8 Å². The Labute approximate surface area is 194 Å². The van der Waals surface area contributed by atoms with Crippen molar-refractivity contribution in [3.8, 4) is 0 Å². The molecule has 172 valence electrons. The molecule has 2 fully saturated rings. The SMILES string of the molecule is CC(=O)N1C[C@H](C(=O)Nc2cccc(Cl)c2C)[C@@H](c2nnc(CCC(C)C)n2C2CC2)C1. The Hall–Kier alpha value is -2.41. The third-order valence-corrected chi connectivity index (χ3v) is 7.02. The topological polar surface area (TPSA) is 80.1 Å². The van der Waals surface area contributed by atoms with E-state index < -0.39 is 5.92 Å². The van der Waals surface area contributed by atoms with E-state index in [1.165, 1.54) is 0 Å². The highest BCUT2D eigenvalue weighted by atomic mass is 35.5. The zero-order chi connectivity index (χ0) is 23.0. The highest BCUT2D eigenvalue weighted by Gasteiger charge is 2.44. The Morgan fingerprint density at radius 3 is 2.62 bits per heavy atom. The van der Waals surface area contributed by atoms with Gasteiger partial charge < -0.3 is 14.8 Å². The van der Waals surface area contributed by atoms with Crippen molar-refractivity contribution < 1.29 is 9.59 Å². The summed E-state index contributed by atoms with van der Waals surface area (Å²) in [6.07, 6.45) is 4.15. The summed E-state index contributed by atoms with van der Waals surface area (Å²) in [6, 6.07) is 5.89. The number of carbonyl (C=O) groups is 2. The average molecular weight is 458 g/mol. The minimum absolute atomic E-state index is 0.0262. The van der Waals surface area contributed by atoms with E-state index in [2.05, 4.69) is 33.9 Å². The van der Waals surface area contributed by atoms with Crippen LogP contribution in [0.4, 0.5) is 5.69 Å². The molecule has 2 heterocycles. The molecule has 1 saturated heterocycles. The van der Waals surface area contributed by atoms with Crippen LogP contribution in [0.1, 0.15) is 69.2 Å². The summed E-state index contributed by atoms with van der Waals surface area (Å²) >= 11 is 6.24. The summed E-state index contributed by atoms with van der Waals surface area (Å²) in [6.45, 7) is 8.72. The van der Waals surface area contributed by atoms with Crippen molar-refractivity contribution in [1.82, 2.24) is 19.7 Å². The normalized spacial score (nSPS) is 20.8. The van der Waals surface area contributed by atoms with Gasteiger partial charge in [0.2, 0.25) is 11.8 Å². The number of hydrogen-bond acceptors (Lipinski definition) is 4. The van der Waals surface area contributed by atoms with Crippen LogP contribution in [0, 0.1) is 18.8 Å². The van der Waals surface area contributed by atoms with Crippen LogP contribution in [0.3, 0.4) is 0 Å². The molecule has 0 unspecified atom stereocenters. The van der Waals surface area contributed by atoms with Crippen LogP contribution < -0.4 is 5.32 Å². The summed E-state index contributed by atoms with van der Waals surface area (Å²) in [5, 5.41) is 12.8. The fourth-order valence-electron chi connectivity index (χ4n) is 4.47. The summed E-state index contributed by atoms with van der Waals surface area (Å²) in [5.74, 6) is 1.72. The number of carbonyl (C=O) groups excluding carboxylic acids is 2. The second-order valence-corrected chi connectivity index (χ2v) is 9.95. The van der Waals surface area contributed by atoms with Crippen LogP contribution in [0.2, 0.25) is 5.02 Å². The number of likely N-dealkylation sites (tertiary alicyclic amines) is 1. The van der Waals surface area contributed by atoms with Crippen molar-refractivity contribution >= 4 is 29.1 Å². The van der Waals surface area contributed by atoms with Gasteiger partial charge in [-0.05, 0) is 49.8 Å². The van der Waals surface area contributed by atoms with Crippen LogP contribution in [0.25, 0.3) is 0 Å². The number of halogens is 1. The molecule has 1 aliphatic carbocycles. The van der Waals surface area contributed by atoms with Gasteiger partial charge in [0.05, 0.1) is 11.8 Å². The van der Waals surface area contributed by atoms with E-state index in [4.69, 9.17) is 11.6 Å². The molecule has 0 radical (unpaired) electrons. The molecular formula is C24H32ClN5O2. The van der Waals surface area contributed by atoms with Crippen LogP contribution in [-0.2, 0) is 16.0 Å². The van der Waals surface area contributed by atoms with Gasteiger partial charge in [-0.3, -0.25) is 9.59 Å². The molecule has 2 amide bonds. The lowest BCUT2D eigenvalue weighted by atomic mass is 9.93. The maximum absolute atomic E-state index is 13.4. The van der Waals surface area contributed by atoms with Crippen molar-refractivity contribution in [2.45, 2.75) is 65.3 Å². The van der Waals surface area contributed by atoms with Gasteiger partial charge in [0, 0.05) is 43.2 Å². The molecule has 1 aromatic heterocycles. The van der Waals surface area contributed by atoms with E-state index in [0.717, 1.165) is 42.9 Å². The van der Waals surface area contributed by atoms with Crippen LogP contribution in [0.5, 0.6) is 0 Å². The van der Waals surface area contributed by atoms with Gasteiger partial charge in [-0.2, -0.15) is 0 Å². The molecule has 0 bridgehead atoms. The lowest BCUT2D eigenvalue weighted by molar-refractivity contribution is -0.128. The predicted molar refractivity (Wildman–Crippen MR) is 125 cm³/mol. The van der Waals surface area contributed by atoms with Crippen LogP contribution in [0.15, 0.2) is 18.2 Å². The summed E-state index contributed by atoms with van der Waals surface area (Å²) in [5.41, 5.74) is 1.53. The highest BCUT2D eigenvalue weighted by Crippen LogP contribution is 2.41. The van der Waals surface area contributed by atoms with Gasteiger partial charge >= 0.3 is 0 Å². The summed E-state index contributed by atoms with van der Waals surface area (Å²) in [7, 11) is 0. The molecule has 1 N–H and O–H groups in total. The second kappa shape index (κ2) is 9.22. The molecule has 2 atom stereocenters. The van der Waals surface area contributed by atoms with Crippen molar-refractivity contribution in [1.29, 1.82) is 0 Å². The quantitative estimate of drug-likeness (QED) is 0.669. The number of aryl methyl sites for hydroxylation is 1. The number of nitrogens with zero attached hydrogens (tertiary/aromatic N) is 4. The van der Waals surface area contributed by atoms with E-state index in [9.17, 15) is 9.59 Å². The molecule has 8 heteroatoms. The minimum atomic E-state index is -0.392. The first-order chi connectivity index (χ1) is 15.3. The number of aromatic nitrogens is 3. The van der Waals surface area contributed by atoms with Gasteiger partial charge in [-0.25, -0.2) is 0 Å². The van der Waals surface area contributed by atoms with E-state index >= 15 is 0 Å². The van der Waals surface area contributed by atoms with Gasteiger partial charge in [0.15, 0.2) is 0 Å². The van der Waals surface area contributed by atoms with Gasteiger partial charge in [-0.1, -0.05) is 31.5 Å².